The third kappa shape index (κ3) is 4.33. The van der Waals surface area contributed by atoms with Gasteiger partial charge in [-0.1, -0.05) is 31.4 Å². The van der Waals surface area contributed by atoms with Crippen molar-refractivity contribution in [2.45, 2.75) is 87.5 Å². The number of nitrogens with zero attached hydrogens (tertiary/aromatic N) is 1. The molecule has 0 saturated heterocycles. The van der Waals surface area contributed by atoms with Gasteiger partial charge >= 0.3 is 0 Å². The van der Waals surface area contributed by atoms with Crippen molar-refractivity contribution in [1.82, 2.24) is 9.71 Å². The lowest BCUT2D eigenvalue weighted by Crippen LogP contribution is -2.40. The zero-order chi connectivity index (χ0) is 19.9. The number of nitrogens with one attached hydrogen (secondary N) is 1. The van der Waals surface area contributed by atoms with Crippen molar-refractivity contribution in [2.24, 2.45) is 0 Å². The van der Waals surface area contributed by atoms with E-state index in [4.69, 9.17) is 4.42 Å². The van der Waals surface area contributed by atoms with Gasteiger partial charge in [-0.25, -0.2) is 18.1 Å². The number of hydrogen-bond donors (Lipinski definition) is 1. The van der Waals surface area contributed by atoms with E-state index in [1.807, 2.05) is 39.1 Å². The molecule has 152 valence electrons. The second-order valence-electron chi connectivity index (χ2n) is 9.31. The van der Waals surface area contributed by atoms with Crippen LogP contribution >= 0.6 is 0 Å². The number of hydrogen-bond acceptors (Lipinski definition) is 4. The van der Waals surface area contributed by atoms with Crippen LogP contribution in [0.4, 0.5) is 0 Å². The minimum absolute atomic E-state index is 0.308. The van der Waals surface area contributed by atoms with E-state index in [-0.39, 0.29) is 0 Å². The van der Waals surface area contributed by atoms with Gasteiger partial charge in [0.25, 0.3) is 0 Å². The van der Waals surface area contributed by atoms with E-state index in [0.29, 0.717) is 22.6 Å². The summed E-state index contributed by atoms with van der Waals surface area (Å²) in [4.78, 5) is 4.86. The third-order valence-corrected chi connectivity index (χ3v) is 7.48. The van der Waals surface area contributed by atoms with Crippen LogP contribution in [0.1, 0.15) is 94.3 Å². The quantitative estimate of drug-likeness (QED) is 0.758. The number of sulfonamides is 1. The molecule has 1 N–H and O–H groups in total. The zero-order valence-corrected chi connectivity index (χ0v) is 17.8. The van der Waals surface area contributed by atoms with Gasteiger partial charge in [-0.05, 0) is 63.6 Å². The molecule has 0 unspecified atom stereocenters. The van der Waals surface area contributed by atoms with Crippen LogP contribution in [-0.2, 0) is 10.0 Å². The van der Waals surface area contributed by atoms with E-state index < -0.39 is 15.6 Å². The fourth-order valence-electron chi connectivity index (χ4n) is 4.24. The highest BCUT2D eigenvalue weighted by Crippen LogP contribution is 2.55. The molecule has 2 aliphatic carbocycles. The van der Waals surface area contributed by atoms with E-state index in [1.165, 1.54) is 32.1 Å². The van der Waals surface area contributed by atoms with Gasteiger partial charge in [0.05, 0.1) is 11.1 Å². The van der Waals surface area contributed by atoms with Crippen LogP contribution in [-0.4, -0.2) is 18.9 Å². The molecule has 5 nitrogen and oxygen atoms in total. The molecule has 1 aromatic carbocycles. The lowest BCUT2D eigenvalue weighted by atomic mass is 9.89. The monoisotopic (exact) mass is 402 g/mol. The fourth-order valence-corrected chi connectivity index (χ4v) is 5.66. The van der Waals surface area contributed by atoms with E-state index in [9.17, 15) is 8.42 Å². The Kier molecular flexibility index (Phi) is 5.12. The van der Waals surface area contributed by atoms with Crippen molar-refractivity contribution in [3.05, 3.63) is 47.7 Å². The highest BCUT2D eigenvalue weighted by atomic mass is 32.2. The van der Waals surface area contributed by atoms with Crippen LogP contribution in [0.2, 0.25) is 0 Å². The first kappa shape index (κ1) is 19.6. The van der Waals surface area contributed by atoms with E-state index >= 15 is 0 Å². The summed E-state index contributed by atoms with van der Waals surface area (Å²) in [6.07, 6.45) is 9.18. The maximum Gasteiger partial charge on any atom is 0.241 e. The molecule has 2 fully saturated rings. The molecule has 4 rings (SSSR count). The van der Waals surface area contributed by atoms with Gasteiger partial charge in [-0.2, -0.15) is 0 Å². The molecule has 0 spiro atoms. The Hall–Kier alpha value is -1.66. The van der Waals surface area contributed by atoms with E-state index in [2.05, 4.69) is 9.71 Å². The lowest BCUT2D eigenvalue weighted by Gasteiger charge is -2.20. The molecule has 2 aliphatic rings. The van der Waals surface area contributed by atoms with E-state index in [0.717, 1.165) is 23.6 Å². The van der Waals surface area contributed by atoms with Crippen molar-refractivity contribution in [3.8, 4) is 0 Å². The molecule has 0 radical (unpaired) electrons. The van der Waals surface area contributed by atoms with Crippen molar-refractivity contribution >= 4 is 10.0 Å². The highest BCUT2D eigenvalue weighted by Gasteiger charge is 2.42. The van der Waals surface area contributed by atoms with Crippen LogP contribution in [0, 0.1) is 0 Å². The standard InChI is InChI=1S/C22H30N2O3S/c1-22(2,3)24-28(25,26)17-11-9-15(10-12-17)18-13-19(18)20-14-23-21(27-20)16-7-5-4-6-8-16/h9-12,14,16,18-19,24H,4-8,13H2,1-3H3/t18-,19+/m0/s1. The van der Waals surface area contributed by atoms with Crippen molar-refractivity contribution in [2.75, 3.05) is 0 Å². The molecular formula is C22H30N2O3S. The number of rotatable bonds is 5. The lowest BCUT2D eigenvalue weighted by molar-refractivity contribution is 0.351. The van der Waals surface area contributed by atoms with Gasteiger partial charge in [0.2, 0.25) is 10.0 Å². The second-order valence-corrected chi connectivity index (χ2v) is 11.0. The minimum Gasteiger partial charge on any atom is -0.445 e. The minimum atomic E-state index is -3.49. The second kappa shape index (κ2) is 7.30. The molecule has 1 aromatic heterocycles. The first-order chi connectivity index (χ1) is 13.2. The maximum absolute atomic E-state index is 12.4. The first-order valence-corrected chi connectivity index (χ1v) is 11.8. The van der Waals surface area contributed by atoms with E-state index in [1.54, 1.807) is 12.1 Å². The van der Waals surface area contributed by atoms with Gasteiger partial charge in [-0.15, -0.1) is 0 Å². The summed E-state index contributed by atoms with van der Waals surface area (Å²) in [7, 11) is -3.49. The topological polar surface area (TPSA) is 72.2 Å². The van der Waals surface area contributed by atoms with Crippen LogP contribution in [0.15, 0.2) is 39.8 Å². The van der Waals surface area contributed by atoms with Gasteiger partial charge in [0, 0.05) is 17.4 Å². The molecule has 2 atom stereocenters. The van der Waals surface area contributed by atoms with Crippen molar-refractivity contribution in [3.63, 3.8) is 0 Å². The molecule has 6 heteroatoms. The third-order valence-electron chi connectivity index (χ3n) is 5.71. The van der Waals surface area contributed by atoms with Gasteiger partial charge in [0.15, 0.2) is 5.89 Å². The van der Waals surface area contributed by atoms with Crippen molar-refractivity contribution < 1.29 is 12.8 Å². The number of benzene rings is 1. The predicted molar refractivity (Wildman–Crippen MR) is 109 cm³/mol. The summed E-state index contributed by atoms with van der Waals surface area (Å²) in [6, 6.07) is 7.26. The summed E-state index contributed by atoms with van der Waals surface area (Å²) < 4.78 is 33.7. The predicted octanol–water partition coefficient (Wildman–Crippen LogP) is 5.07. The van der Waals surface area contributed by atoms with Gasteiger partial charge in [-0.3, -0.25) is 0 Å². The largest absolute Gasteiger partial charge is 0.445 e. The maximum atomic E-state index is 12.4. The van der Waals surface area contributed by atoms with Crippen LogP contribution in [0.25, 0.3) is 0 Å². The zero-order valence-electron chi connectivity index (χ0n) is 16.9. The first-order valence-electron chi connectivity index (χ1n) is 10.3. The highest BCUT2D eigenvalue weighted by molar-refractivity contribution is 7.89. The van der Waals surface area contributed by atoms with Gasteiger partial charge < -0.3 is 4.42 Å². The molecule has 28 heavy (non-hydrogen) atoms. The van der Waals surface area contributed by atoms with Crippen molar-refractivity contribution in [1.29, 1.82) is 0 Å². The molecule has 1 heterocycles. The Balaban J connectivity index is 1.42. The molecule has 0 amide bonds. The molecule has 2 saturated carbocycles. The van der Waals surface area contributed by atoms with Crippen LogP contribution in [0.3, 0.4) is 0 Å². The SMILES string of the molecule is CC(C)(C)NS(=O)(=O)c1ccc([C@@H]2C[C@H]2c2cnc(C3CCCCC3)o2)cc1. The summed E-state index contributed by atoms with van der Waals surface area (Å²) in [5, 5.41) is 0. The fraction of sp³-hybridized carbons (Fsp3) is 0.591. The molecular weight excluding hydrogens is 372 g/mol. The average Bonchev–Trinajstić information content (AvgIpc) is 3.29. The Morgan fingerprint density at radius 1 is 1.04 bits per heavy atom. The summed E-state index contributed by atoms with van der Waals surface area (Å²) >= 11 is 0. The summed E-state index contributed by atoms with van der Waals surface area (Å²) in [5.41, 5.74) is 0.664. The Morgan fingerprint density at radius 2 is 1.71 bits per heavy atom. The Labute approximate surface area is 168 Å². The Bertz CT molecular complexity index is 919. The molecule has 0 bridgehead atoms. The summed E-state index contributed by atoms with van der Waals surface area (Å²) in [6.45, 7) is 5.52. The molecule has 0 aliphatic heterocycles. The Morgan fingerprint density at radius 3 is 2.36 bits per heavy atom. The number of aromatic nitrogens is 1. The number of oxazole rings is 1. The normalized spacial score (nSPS) is 23.7. The van der Waals surface area contributed by atoms with Gasteiger partial charge in [0.1, 0.15) is 5.76 Å². The molecule has 2 aromatic rings. The smallest absolute Gasteiger partial charge is 0.241 e. The van der Waals surface area contributed by atoms with Crippen LogP contribution in [0.5, 0.6) is 0 Å². The van der Waals surface area contributed by atoms with Crippen LogP contribution < -0.4 is 4.72 Å². The average molecular weight is 403 g/mol. The summed E-state index contributed by atoms with van der Waals surface area (Å²) in [5.74, 6) is 3.13.